The van der Waals surface area contributed by atoms with Gasteiger partial charge < -0.3 is 5.32 Å². The lowest BCUT2D eigenvalue weighted by Crippen LogP contribution is -2.19. The highest BCUT2D eigenvalue weighted by Gasteiger charge is 2.16. The van der Waals surface area contributed by atoms with Crippen molar-refractivity contribution in [1.29, 1.82) is 0 Å². The van der Waals surface area contributed by atoms with Gasteiger partial charge in [-0.1, -0.05) is 47.5 Å². The summed E-state index contributed by atoms with van der Waals surface area (Å²) < 4.78 is 1.77. The van der Waals surface area contributed by atoms with Gasteiger partial charge in [0.1, 0.15) is 0 Å². The molecule has 0 spiro atoms. The fraction of sp³-hybridized carbons (Fsp3) is 0.125. The minimum absolute atomic E-state index is 0.211. The number of rotatable bonds is 3. The minimum atomic E-state index is -0.211. The van der Waals surface area contributed by atoms with Gasteiger partial charge in [0.25, 0.3) is 5.91 Å². The molecule has 0 fully saturated rings. The Bertz CT molecular complexity index is 858. The van der Waals surface area contributed by atoms with E-state index in [-0.39, 0.29) is 5.91 Å². The van der Waals surface area contributed by atoms with Gasteiger partial charge in [0.05, 0.1) is 12.1 Å². The Morgan fingerprint density at radius 1 is 1.23 bits per heavy atom. The molecule has 0 saturated heterocycles. The molecule has 1 N–H and O–H groups in total. The van der Waals surface area contributed by atoms with Crippen molar-refractivity contribution in [3.05, 3.63) is 63.8 Å². The summed E-state index contributed by atoms with van der Waals surface area (Å²) in [6.07, 6.45) is 0. The van der Waals surface area contributed by atoms with Gasteiger partial charge in [-0.05, 0) is 23.8 Å². The standard InChI is InChI=1S/C16H13Cl2N3O/c1-19-16(22)15-12-4-2-3-5-14(12)21(20-15)9-10-6-7-11(17)8-13(10)18/h2-8H,9H2,1H3,(H,19,22). The summed E-state index contributed by atoms with van der Waals surface area (Å²) in [7, 11) is 1.59. The molecule has 112 valence electrons. The minimum Gasteiger partial charge on any atom is -0.354 e. The molecular weight excluding hydrogens is 321 g/mol. The summed E-state index contributed by atoms with van der Waals surface area (Å²) >= 11 is 12.1. The van der Waals surface area contributed by atoms with Crippen molar-refractivity contribution in [3.63, 3.8) is 0 Å². The predicted molar refractivity (Wildman–Crippen MR) is 88.7 cm³/mol. The molecule has 1 amide bonds. The van der Waals surface area contributed by atoms with E-state index in [4.69, 9.17) is 23.2 Å². The highest BCUT2D eigenvalue weighted by Crippen LogP contribution is 2.24. The van der Waals surface area contributed by atoms with Gasteiger partial charge in [0, 0.05) is 22.5 Å². The van der Waals surface area contributed by atoms with Crippen molar-refractivity contribution >= 4 is 40.0 Å². The third kappa shape index (κ3) is 2.67. The van der Waals surface area contributed by atoms with Crippen LogP contribution in [0.5, 0.6) is 0 Å². The third-order valence-electron chi connectivity index (χ3n) is 3.44. The number of carbonyl (C=O) groups is 1. The Kier molecular flexibility index (Phi) is 4.05. The summed E-state index contributed by atoms with van der Waals surface area (Å²) in [5.74, 6) is -0.211. The average Bonchev–Trinajstić information content (AvgIpc) is 2.88. The van der Waals surface area contributed by atoms with Crippen LogP contribution in [-0.4, -0.2) is 22.7 Å². The molecule has 2 aromatic carbocycles. The molecule has 0 bridgehead atoms. The summed E-state index contributed by atoms with van der Waals surface area (Å²) in [4.78, 5) is 12.0. The number of benzene rings is 2. The van der Waals surface area contributed by atoms with E-state index in [1.165, 1.54) is 0 Å². The van der Waals surface area contributed by atoms with Gasteiger partial charge in [-0.3, -0.25) is 9.48 Å². The molecule has 0 radical (unpaired) electrons. The second kappa shape index (κ2) is 5.99. The second-order valence-corrected chi connectivity index (χ2v) is 5.68. The molecule has 4 nitrogen and oxygen atoms in total. The number of nitrogens with one attached hydrogen (secondary N) is 1. The lowest BCUT2D eigenvalue weighted by atomic mass is 10.2. The first-order valence-electron chi connectivity index (χ1n) is 6.71. The normalized spacial score (nSPS) is 10.9. The number of halogens is 2. The van der Waals surface area contributed by atoms with Crippen molar-refractivity contribution in [2.75, 3.05) is 7.05 Å². The van der Waals surface area contributed by atoms with E-state index in [9.17, 15) is 4.79 Å². The number of nitrogens with zero attached hydrogens (tertiary/aromatic N) is 2. The maximum Gasteiger partial charge on any atom is 0.272 e. The van der Waals surface area contributed by atoms with Crippen LogP contribution < -0.4 is 5.32 Å². The highest BCUT2D eigenvalue weighted by molar-refractivity contribution is 6.35. The lowest BCUT2D eigenvalue weighted by Gasteiger charge is -2.06. The van der Waals surface area contributed by atoms with Crippen LogP contribution in [0.1, 0.15) is 16.1 Å². The smallest absolute Gasteiger partial charge is 0.272 e. The van der Waals surface area contributed by atoms with Gasteiger partial charge in [-0.2, -0.15) is 5.10 Å². The monoisotopic (exact) mass is 333 g/mol. The van der Waals surface area contributed by atoms with Crippen molar-refractivity contribution < 1.29 is 4.79 Å². The third-order valence-corrected chi connectivity index (χ3v) is 4.02. The lowest BCUT2D eigenvalue weighted by molar-refractivity contribution is 0.0959. The average molecular weight is 334 g/mol. The van der Waals surface area contributed by atoms with E-state index in [1.807, 2.05) is 30.3 Å². The van der Waals surface area contributed by atoms with E-state index < -0.39 is 0 Å². The Labute approximate surface area is 137 Å². The first-order valence-corrected chi connectivity index (χ1v) is 7.47. The van der Waals surface area contributed by atoms with Gasteiger partial charge in [0.2, 0.25) is 0 Å². The van der Waals surface area contributed by atoms with Crippen LogP contribution in [0.4, 0.5) is 0 Å². The molecule has 1 heterocycles. The van der Waals surface area contributed by atoms with Crippen LogP contribution in [0, 0.1) is 0 Å². The predicted octanol–water partition coefficient (Wildman–Crippen LogP) is 3.75. The number of amides is 1. The summed E-state index contributed by atoms with van der Waals surface area (Å²) in [6.45, 7) is 0.466. The topological polar surface area (TPSA) is 46.9 Å². The Balaban J connectivity index is 2.09. The van der Waals surface area contributed by atoms with Gasteiger partial charge in [0.15, 0.2) is 5.69 Å². The van der Waals surface area contributed by atoms with E-state index in [0.717, 1.165) is 16.5 Å². The Hall–Kier alpha value is -2.04. The number of para-hydroxylation sites is 1. The van der Waals surface area contributed by atoms with Crippen molar-refractivity contribution in [2.24, 2.45) is 0 Å². The van der Waals surface area contributed by atoms with Crippen LogP contribution >= 0.6 is 23.2 Å². The number of aromatic nitrogens is 2. The van der Waals surface area contributed by atoms with Crippen LogP contribution in [0.2, 0.25) is 10.0 Å². The fourth-order valence-corrected chi connectivity index (χ4v) is 2.81. The second-order valence-electron chi connectivity index (χ2n) is 4.84. The van der Waals surface area contributed by atoms with E-state index in [2.05, 4.69) is 10.4 Å². The zero-order valence-electron chi connectivity index (χ0n) is 11.8. The molecule has 3 aromatic rings. The maximum absolute atomic E-state index is 12.0. The first-order chi connectivity index (χ1) is 10.6. The van der Waals surface area contributed by atoms with Crippen LogP contribution in [0.15, 0.2) is 42.5 Å². The SMILES string of the molecule is CNC(=O)c1nn(Cc2ccc(Cl)cc2Cl)c2ccccc12. The molecule has 0 atom stereocenters. The van der Waals surface area contributed by atoms with Gasteiger partial charge in [-0.15, -0.1) is 0 Å². The van der Waals surface area contributed by atoms with Crippen molar-refractivity contribution in [3.8, 4) is 0 Å². The molecule has 3 rings (SSSR count). The summed E-state index contributed by atoms with van der Waals surface area (Å²) in [5.41, 5.74) is 2.18. The first kappa shape index (κ1) is 14.9. The van der Waals surface area contributed by atoms with Crippen molar-refractivity contribution in [1.82, 2.24) is 15.1 Å². The summed E-state index contributed by atoms with van der Waals surface area (Å²) in [5, 5.41) is 9.02. The molecule has 0 aliphatic heterocycles. The van der Waals surface area contributed by atoms with E-state index >= 15 is 0 Å². The van der Waals surface area contributed by atoms with Gasteiger partial charge in [-0.25, -0.2) is 0 Å². The molecule has 0 aliphatic carbocycles. The van der Waals surface area contributed by atoms with Crippen molar-refractivity contribution in [2.45, 2.75) is 6.54 Å². The van der Waals surface area contributed by atoms with Crippen LogP contribution in [0.25, 0.3) is 10.9 Å². The number of hydrogen-bond donors (Lipinski definition) is 1. The largest absolute Gasteiger partial charge is 0.354 e. The molecule has 1 aromatic heterocycles. The summed E-state index contributed by atoms with van der Waals surface area (Å²) in [6, 6.07) is 13.0. The zero-order chi connectivity index (χ0) is 15.7. The molecular formula is C16H13Cl2N3O. The van der Waals surface area contributed by atoms with Gasteiger partial charge >= 0.3 is 0 Å². The fourth-order valence-electron chi connectivity index (χ4n) is 2.35. The zero-order valence-corrected chi connectivity index (χ0v) is 13.3. The Morgan fingerprint density at radius 3 is 2.73 bits per heavy atom. The maximum atomic E-state index is 12.0. The van der Waals surface area contributed by atoms with E-state index in [1.54, 1.807) is 23.9 Å². The molecule has 0 saturated carbocycles. The number of fused-ring (bicyclic) bond motifs is 1. The molecule has 0 aliphatic rings. The quantitative estimate of drug-likeness (QED) is 0.793. The highest BCUT2D eigenvalue weighted by atomic mass is 35.5. The van der Waals surface area contributed by atoms with Crippen LogP contribution in [0.3, 0.4) is 0 Å². The van der Waals surface area contributed by atoms with Crippen LogP contribution in [-0.2, 0) is 6.54 Å². The Morgan fingerprint density at radius 2 is 2.00 bits per heavy atom. The van der Waals surface area contributed by atoms with E-state index in [0.29, 0.717) is 22.3 Å². The number of carbonyl (C=O) groups excluding carboxylic acids is 1. The number of hydrogen-bond acceptors (Lipinski definition) is 2. The molecule has 22 heavy (non-hydrogen) atoms. The molecule has 0 unspecified atom stereocenters. The molecule has 6 heteroatoms.